The fourth-order valence-electron chi connectivity index (χ4n) is 3.29. The second kappa shape index (κ2) is 8.22. The summed E-state index contributed by atoms with van der Waals surface area (Å²) in [6.07, 6.45) is 1.62. The fraction of sp³-hybridized carbons (Fsp3) is 0.286. The number of benzene rings is 2. The van der Waals surface area contributed by atoms with Crippen molar-refractivity contribution in [3.63, 3.8) is 0 Å². The molecule has 0 aliphatic heterocycles. The molecule has 0 saturated carbocycles. The van der Waals surface area contributed by atoms with Crippen molar-refractivity contribution >= 4 is 16.7 Å². The first-order chi connectivity index (χ1) is 14.0. The van der Waals surface area contributed by atoms with E-state index < -0.39 is 0 Å². The lowest BCUT2D eigenvalue weighted by Crippen LogP contribution is -2.04. The average molecular weight is 401 g/mol. The van der Waals surface area contributed by atoms with Gasteiger partial charge in [0.1, 0.15) is 0 Å². The van der Waals surface area contributed by atoms with Crippen LogP contribution < -0.4 is 28.4 Å². The van der Waals surface area contributed by atoms with E-state index in [4.69, 9.17) is 28.4 Å². The molecule has 0 fully saturated rings. The van der Waals surface area contributed by atoms with Crippen LogP contribution in [0, 0.1) is 0 Å². The number of aromatic amines is 1. The van der Waals surface area contributed by atoms with Gasteiger partial charge in [0, 0.05) is 22.7 Å². The predicted octanol–water partition coefficient (Wildman–Crippen LogP) is 3.45. The van der Waals surface area contributed by atoms with Crippen molar-refractivity contribution in [2.24, 2.45) is 0 Å². The number of nitrogens with one attached hydrogen (secondary N) is 1. The lowest BCUT2D eigenvalue weighted by Gasteiger charge is -2.14. The molecule has 0 aliphatic rings. The summed E-state index contributed by atoms with van der Waals surface area (Å²) in [4.78, 5) is 16.4. The Morgan fingerprint density at radius 2 is 1.21 bits per heavy atom. The van der Waals surface area contributed by atoms with Crippen LogP contribution in [-0.4, -0.2) is 53.4 Å². The summed E-state index contributed by atoms with van der Waals surface area (Å²) in [5.74, 6) is 2.32. The van der Waals surface area contributed by atoms with Gasteiger partial charge in [-0.1, -0.05) is 0 Å². The average Bonchev–Trinajstić information content (AvgIpc) is 3.19. The molecule has 1 N–H and O–H groups in total. The molecule has 29 heavy (non-hydrogen) atoms. The molecule has 8 heteroatoms. The number of hydrogen-bond acceptors (Lipinski definition) is 7. The summed E-state index contributed by atoms with van der Waals surface area (Å²) in [6.45, 7) is 0. The summed E-state index contributed by atoms with van der Waals surface area (Å²) in [5, 5.41) is 0.637. The van der Waals surface area contributed by atoms with Crippen LogP contribution in [0.2, 0.25) is 0 Å². The zero-order chi connectivity index (χ0) is 21.1. The van der Waals surface area contributed by atoms with Crippen molar-refractivity contribution in [1.82, 2.24) is 4.98 Å². The molecule has 1 aromatic heterocycles. The third-order valence-electron chi connectivity index (χ3n) is 4.65. The van der Waals surface area contributed by atoms with E-state index in [2.05, 4.69) is 4.98 Å². The number of carbonyl (C=O) groups excluding carboxylic acids is 1. The molecule has 154 valence electrons. The Bertz CT molecular complexity index is 1030. The quantitative estimate of drug-likeness (QED) is 0.578. The van der Waals surface area contributed by atoms with Gasteiger partial charge in [-0.05, 0) is 18.2 Å². The van der Waals surface area contributed by atoms with Gasteiger partial charge in [0.15, 0.2) is 28.8 Å². The molecule has 3 aromatic rings. The van der Waals surface area contributed by atoms with Crippen molar-refractivity contribution in [2.45, 2.75) is 0 Å². The van der Waals surface area contributed by atoms with E-state index >= 15 is 0 Å². The Morgan fingerprint density at radius 3 is 1.69 bits per heavy atom. The lowest BCUT2D eigenvalue weighted by atomic mass is 10.0. The van der Waals surface area contributed by atoms with Gasteiger partial charge >= 0.3 is 0 Å². The number of aromatic nitrogens is 1. The first-order valence-corrected chi connectivity index (χ1v) is 8.69. The van der Waals surface area contributed by atoms with Crippen LogP contribution in [0.4, 0.5) is 0 Å². The molecule has 2 aromatic carbocycles. The first kappa shape index (κ1) is 20.2. The largest absolute Gasteiger partial charge is 0.493 e. The van der Waals surface area contributed by atoms with Crippen molar-refractivity contribution < 1.29 is 33.2 Å². The maximum atomic E-state index is 13.3. The Morgan fingerprint density at radius 1 is 0.690 bits per heavy atom. The molecule has 8 nitrogen and oxygen atoms in total. The highest BCUT2D eigenvalue weighted by Gasteiger charge is 2.24. The monoisotopic (exact) mass is 401 g/mol. The van der Waals surface area contributed by atoms with Crippen molar-refractivity contribution in [3.05, 3.63) is 35.5 Å². The maximum Gasteiger partial charge on any atom is 0.205 e. The molecule has 0 radical (unpaired) electrons. The summed E-state index contributed by atoms with van der Waals surface area (Å²) in [6, 6.07) is 4.96. The molecule has 0 atom stereocenters. The predicted molar refractivity (Wildman–Crippen MR) is 107 cm³/mol. The van der Waals surface area contributed by atoms with Crippen LogP contribution in [0.1, 0.15) is 15.9 Å². The van der Waals surface area contributed by atoms with E-state index in [1.54, 1.807) is 24.4 Å². The summed E-state index contributed by atoms with van der Waals surface area (Å²) >= 11 is 0. The zero-order valence-electron chi connectivity index (χ0n) is 17.2. The van der Waals surface area contributed by atoms with E-state index in [0.717, 1.165) is 0 Å². The second-order valence-corrected chi connectivity index (χ2v) is 6.01. The van der Waals surface area contributed by atoms with E-state index in [1.165, 1.54) is 42.7 Å². The zero-order valence-corrected chi connectivity index (χ0v) is 17.2. The standard InChI is InChI=1S/C21H23NO7/c1-24-14-7-11(8-15(25-2)19(14)27-4)18(23)13-10-22-17-12(13)9-16(26-3)20(28-5)21(17)29-6/h7-10,22H,1-6H3. The summed E-state index contributed by atoms with van der Waals surface area (Å²) < 4.78 is 32.3. The van der Waals surface area contributed by atoms with Crippen molar-refractivity contribution in [2.75, 3.05) is 42.7 Å². The number of fused-ring (bicyclic) bond motifs is 1. The van der Waals surface area contributed by atoms with Crippen LogP contribution in [-0.2, 0) is 0 Å². The molecule has 0 amide bonds. The number of rotatable bonds is 8. The molecule has 3 rings (SSSR count). The van der Waals surface area contributed by atoms with E-state index in [-0.39, 0.29) is 5.78 Å². The highest BCUT2D eigenvalue weighted by atomic mass is 16.5. The molecule has 0 spiro atoms. The molecular weight excluding hydrogens is 378 g/mol. The van der Waals surface area contributed by atoms with Crippen molar-refractivity contribution in [3.8, 4) is 34.5 Å². The van der Waals surface area contributed by atoms with E-state index in [9.17, 15) is 4.79 Å². The Balaban J connectivity index is 2.20. The number of ether oxygens (including phenoxy) is 6. The SMILES string of the molecule is COc1cc(C(=O)c2c[nH]c3c(OC)c(OC)c(OC)cc23)cc(OC)c1OC. The number of methoxy groups -OCH3 is 6. The topological polar surface area (TPSA) is 88.2 Å². The van der Waals surface area contributed by atoms with E-state index in [0.29, 0.717) is 56.5 Å². The lowest BCUT2D eigenvalue weighted by molar-refractivity contribution is 0.103. The second-order valence-electron chi connectivity index (χ2n) is 6.01. The fourth-order valence-corrected chi connectivity index (χ4v) is 3.29. The van der Waals surface area contributed by atoms with Gasteiger partial charge in [-0.2, -0.15) is 0 Å². The number of H-pyrrole nitrogens is 1. The van der Waals surface area contributed by atoms with E-state index in [1.807, 2.05) is 0 Å². The Hall–Kier alpha value is -3.55. The molecular formula is C21H23NO7. The highest BCUT2D eigenvalue weighted by molar-refractivity contribution is 6.17. The van der Waals surface area contributed by atoms with Crippen LogP contribution in [0.15, 0.2) is 24.4 Å². The molecule has 1 heterocycles. The van der Waals surface area contributed by atoms with Gasteiger partial charge in [0.2, 0.25) is 11.5 Å². The molecule has 0 bridgehead atoms. The van der Waals surface area contributed by atoms with Crippen LogP contribution in [0.5, 0.6) is 34.5 Å². The van der Waals surface area contributed by atoms with Gasteiger partial charge in [-0.25, -0.2) is 0 Å². The van der Waals surface area contributed by atoms with Crippen LogP contribution in [0.25, 0.3) is 10.9 Å². The third kappa shape index (κ3) is 3.26. The number of hydrogen-bond donors (Lipinski definition) is 1. The summed E-state index contributed by atoms with van der Waals surface area (Å²) in [7, 11) is 9.08. The summed E-state index contributed by atoms with van der Waals surface area (Å²) in [5.41, 5.74) is 1.45. The third-order valence-corrected chi connectivity index (χ3v) is 4.65. The molecule has 0 saturated heterocycles. The van der Waals surface area contributed by atoms with Gasteiger partial charge in [-0.3, -0.25) is 4.79 Å². The minimum absolute atomic E-state index is 0.232. The number of ketones is 1. The minimum atomic E-state index is -0.232. The maximum absolute atomic E-state index is 13.3. The van der Waals surface area contributed by atoms with Gasteiger partial charge in [-0.15, -0.1) is 0 Å². The first-order valence-electron chi connectivity index (χ1n) is 8.69. The normalized spacial score (nSPS) is 10.6. The smallest absolute Gasteiger partial charge is 0.205 e. The van der Waals surface area contributed by atoms with Gasteiger partial charge < -0.3 is 33.4 Å². The van der Waals surface area contributed by atoms with Gasteiger partial charge in [0.05, 0.1) is 48.2 Å². The number of carbonyl (C=O) groups is 1. The Kier molecular flexibility index (Phi) is 5.72. The van der Waals surface area contributed by atoms with Gasteiger partial charge in [0.25, 0.3) is 0 Å². The minimum Gasteiger partial charge on any atom is -0.493 e. The van der Waals surface area contributed by atoms with Crippen LogP contribution in [0.3, 0.4) is 0 Å². The van der Waals surface area contributed by atoms with Crippen molar-refractivity contribution in [1.29, 1.82) is 0 Å². The Labute approximate surface area is 168 Å². The molecule has 0 unspecified atom stereocenters. The molecule has 0 aliphatic carbocycles. The van der Waals surface area contributed by atoms with Crippen LogP contribution >= 0.6 is 0 Å². The highest BCUT2D eigenvalue weighted by Crippen LogP contribution is 2.44.